The van der Waals surface area contributed by atoms with Gasteiger partial charge in [-0.05, 0) is 66.7 Å². The maximum absolute atomic E-state index is 13.5. The highest BCUT2D eigenvalue weighted by molar-refractivity contribution is 9.10. The zero-order chi connectivity index (χ0) is 30.8. The van der Waals surface area contributed by atoms with E-state index in [1.807, 2.05) is 12.1 Å². The number of carbonyl (C=O) groups excluding carboxylic acids is 1. The summed E-state index contributed by atoms with van der Waals surface area (Å²) in [6.45, 7) is -0.555. The predicted octanol–water partition coefficient (Wildman–Crippen LogP) is 6.52. The van der Waals surface area contributed by atoms with Crippen LogP contribution < -0.4 is 15.6 Å². The molecule has 1 N–H and O–H groups in total. The van der Waals surface area contributed by atoms with Crippen molar-refractivity contribution >= 4 is 61.3 Å². The number of aromatic nitrogens is 2. The highest BCUT2D eigenvalue weighted by Gasteiger charge is 2.19. The fourth-order valence-corrected chi connectivity index (χ4v) is 4.80. The van der Waals surface area contributed by atoms with E-state index < -0.39 is 34.5 Å². The number of rotatable bonds is 8. The van der Waals surface area contributed by atoms with E-state index in [-0.39, 0.29) is 22.8 Å². The molecule has 44 heavy (non-hydrogen) atoms. The molecule has 0 atom stereocenters. The zero-order valence-electron chi connectivity index (χ0n) is 22.4. The third-order valence-corrected chi connectivity index (χ3v) is 6.91. The Labute approximate surface area is 255 Å². The van der Waals surface area contributed by atoms with E-state index in [4.69, 9.17) is 9.15 Å². The standard InChI is InChI=1S/C31H19BrFN5O6/c32-20-9-11-26-19(13-20)14-28(44-26)30-36-24-7-2-1-6-23(24)31(40)37(30)34-16-18-8-10-27(25(12-18)38(41)42)43-17-29(39)35-22-5-3-4-21(33)15-22/h1-16H,17H2,(H,35,39). The van der Waals surface area contributed by atoms with Gasteiger partial charge in [-0.15, -0.1) is 0 Å². The summed E-state index contributed by atoms with van der Waals surface area (Å²) in [5.41, 5.74) is 0.610. The fourth-order valence-electron chi connectivity index (χ4n) is 4.43. The van der Waals surface area contributed by atoms with Crippen LogP contribution in [-0.2, 0) is 4.79 Å². The van der Waals surface area contributed by atoms with E-state index in [2.05, 4.69) is 31.3 Å². The van der Waals surface area contributed by atoms with Crippen molar-refractivity contribution in [3.05, 3.63) is 127 Å². The van der Waals surface area contributed by atoms with Gasteiger partial charge in [0.1, 0.15) is 11.4 Å². The molecule has 0 radical (unpaired) electrons. The summed E-state index contributed by atoms with van der Waals surface area (Å²) in [6, 6.07) is 23.3. The molecule has 0 spiro atoms. The van der Waals surface area contributed by atoms with Gasteiger partial charge in [-0.1, -0.05) is 34.1 Å². The summed E-state index contributed by atoms with van der Waals surface area (Å²) in [4.78, 5) is 41.6. The Balaban J connectivity index is 1.31. The predicted molar refractivity (Wildman–Crippen MR) is 166 cm³/mol. The number of carbonyl (C=O) groups is 1. The molecular weight excluding hydrogens is 637 g/mol. The van der Waals surface area contributed by atoms with Gasteiger partial charge >= 0.3 is 5.69 Å². The molecule has 1 amide bonds. The first-order valence-electron chi connectivity index (χ1n) is 13.0. The Kier molecular flexibility index (Phi) is 7.69. The number of fused-ring (bicyclic) bond motifs is 2. The van der Waals surface area contributed by atoms with Crippen LogP contribution in [0.1, 0.15) is 5.56 Å². The van der Waals surface area contributed by atoms with Gasteiger partial charge in [-0.3, -0.25) is 19.7 Å². The summed E-state index contributed by atoms with van der Waals surface area (Å²) < 4.78 is 26.7. The highest BCUT2D eigenvalue weighted by Crippen LogP contribution is 2.30. The third kappa shape index (κ3) is 5.94. The number of para-hydroxylation sites is 1. The van der Waals surface area contributed by atoms with Crippen LogP contribution in [0.15, 0.2) is 110 Å². The van der Waals surface area contributed by atoms with Crippen molar-refractivity contribution in [1.82, 2.24) is 9.66 Å². The van der Waals surface area contributed by atoms with Crippen LogP contribution in [-0.4, -0.2) is 33.3 Å². The molecule has 4 aromatic carbocycles. The molecule has 0 saturated heterocycles. The van der Waals surface area contributed by atoms with Crippen LogP contribution in [0.2, 0.25) is 0 Å². The number of ether oxygens (including phenoxy) is 1. The van der Waals surface area contributed by atoms with Crippen molar-refractivity contribution in [2.24, 2.45) is 5.10 Å². The van der Waals surface area contributed by atoms with Crippen molar-refractivity contribution in [1.29, 1.82) is 0 Å². The lowest BCUT2D eigenvalue weighted by Crippen LogP contribution is -2.20. The second-order valence-electron chi connectivity index (χ2n) is 9.44. The number of hydrogen-bond acceptors (Lipinski definition) is 8. The van der Waals surface area contributed by atoms with E-state index in [0.29, 0.717) is 22.2 Å². The second-order valence-corrected chi connectivity index (χ2v) is 10.4. The number of nitro groups is 1. The van der Waals surface area contributed by atoms with Crippen LogP contribution in [0.4, 0.5) is 15.8 Å². The van der Waals surface area contributed by atoms with Crippen LogP contribution in [0, 0.1) is 15.9 Å². The molecule has 2 heterocycles. The Morgan fingerprint density at radius 2 is 1.93 bits per heavy atom. The van der Waals surface area contributed by atoms with Gasteiger partial charge < -0.3 is 14.5 Å². The molecule has 218 valence electrons. The zero-order valence-corrected chi connectivity index (χ0v) is 24.0. The van der Waals surface area contributed by atoms with Gasteiger partial charge in [0.15, 0.2) is 18.1 Å². The molecule has 0 aliphatic heterocycles. The summed E-state index contributed by atoms with van der Waals surface area (Å²) in [7, 11) is 0. The van der Waals surface area contributed by atoms with E-state index in [0.717, 1.165) is 20.6 Å². The quantitative estimate of drug-likeness (QED) is 0.112. The lowest BCUT2D eigenvalue weighted by Gasteiger charge is -2.09. The van der Waals surface area contributed by atoms with Gasteiger partial charge in [0, 0.05) is 27.2 Å². The Morgan fingerprint density at radius 3 is 2.75 bits per heavy atom. The maximum atomic E-state index is 13.5. The van der Waals surface area contributed by atoms with Gasteiger partial charge in [0.05, 0.1) is 22.0 Å². The smallest absolute Gasteiger partial charge is 0.311 e. The first-order valence-corrected chi connectivity index (χ1v) is 13.8. The number of halogens is 2. The molecule has 11 nitrogen and oxygen atoms in total. The second kappa shape index (κ2) is 11.9. The molecule has 2 aromatic heterocycles. The van der Waals surface area contributed by atoms with Crippen molar-refractivity contribution in [2.45, 2.75) is 0 Å². The Morgan fingerprint density at radius 1 is 1.09 bits per heavy atom. The number of amides is 1. The van der Waals surface area contributed by atoms with Crippen LogP contribution >= 0.6 is 15.9 Å². The molecule has 13 heteroatoms. The van der Waals surface area contributed by atoms with Crippen molar-refractivity contribution < 1.29 is 23.3 Å². The highest BCUT2D eigenvalue weighted by atomic mass is 79.9. The minimum Gasteiger partial charge on any atom is -0.477 e. The number of anilines is 1. The fraction of sp³-hybridized carbons (Fsp3) is 0.0323. The lowest BCUT2D eigenvalue weighted by molar-refractivity contribution is -0.385. The Hall–Kier alpha value is -5.69. The molecule has 0 fully saturated rings. The van der Waals surface area contributed by atoms with Crippen molar-refractivity contribution in [2.75, 3.05) is 11.9 Å². The van der Waals surface area contributed by atoms with Crippen LogP contribution in [0.25, 0.3) is 33.5 Å². The largest absolute Gasteiger partial charge is 0.477 e. The van der Waals surface area contributed by atoms with Crippen molar-refractivity contribution in [3.8, 4) is 17.3 Å². The number of hydrogen-bond donors (Lipinski definition) is 1. The molecule has 0 unspecified atom stereocenters. The average Bonchev–Trinajstić information content (AvgIpc) is 3.43. The van der Waals surface area contributed by atoms with E-state index >= 15 is 0 Å². The molecule has 0 saturated carbocycles. The lowest BCUT2D eigenvalue weighted by atomic mass is 10.2. The van der Waals surface area contributed by atoms with E-state index in [1.165, 1.54) is 42.6 Å². The summed E-state index contributed by atoms with van der Waals surface area (Å²) in [5.74, 6) is -0.902. The number of nitrogens with zero attached hydrogens (tertiary/aromatic N) is 4. The molecular formula is C31H19BrFN5O6. The minimum atomic E-state index is -0.668. The van der Waals surface area contributed by atoms with Gasteiger partial charge in [0.2, 0.25) is 5.82 Å². The molecule has 6 rings (SSSR count). The van der Waals surface area contributed by atoms with Gasteiger partial charge in [-0.2, -0.15) is 9.78 Å². The van der Waals surface area contributed by atoms with Gasteiger partial charge in [0.25, 0.3) is 11.5 Å². The normalized spacial score (nSPS) is 11.3. The van der Waals surface area contributed by atoms with E-state index in [1.54, 1.807) is 36.4 Å². The van der Waals surface area contributed by atoms with E-state index in [9.17, 15) is 24.1 Å². The molecule has 0 aliphatic carbocycles. The third-order valence-electron chi connectivity index (χ3n) is 6.42. The average molecular weight is 656 g/mol. The number of nitrogens with one attached hydrogen (secondary N) is 1. The summed E-state index contributed by atoms with van der Waals surface area (Å²) in [6.07, 6.45) is 1.27. The van der Waals surface area contributed by atoms with Crippen LogP contribution in [0.3, 0.4) is 0 Å². The number of nitro benzene ring substituents is 1. The minimum absolute atomic E-state index is 0.135. The molecule has 6 aromatic rings. The molecule has 0 bridgehead atoms. The Bertz CT molecular complexity index is 2180. The number of furan rings is 1. The summed E-state index contributed by atoms with van der Waals surface area (Å²) in [5, 5.41) is 19.7. The summed E-state index contributed by atoms with van der Waals surface area (Å²) >= 11 is 3.44. The molecule has 0 aliphatic rings. The maximum Gasteiger partial charge on any atom is 0.311 e. The number of benzene rings is 4. The van der Waals surface area contributed by atoms with Crippen LogP contribution in [0.5, 0.6) is 5.75 Å². The topological polar surface area (TPSA) is 142 Å². The van der Waals surface area contributed by atoms with Crippen molar-refractivity contribution in [3.63, 3.8) is 0 Å². The first kappa shape index (κ1) is 28.4. The first-order chi connectivity index (χ1) is 21.2. The monoisotopic (exact) mass is 655 g/mol. The van der Waals surface area contributed by atoms with Gasteiger partial charge in [-0.25, -0.2) is 9.37 Å². The SMILES string of the molecule is O=C(COc1ccc(C=Nn2c(-c3cc4cc(Br)ccc4o3)nc3ccccc3c2=O)cc1[N+](=O)[O-])Nc1cccc(F)c1.